The topological polar surface area (TPSA) is 175 Å². The maximum atomic E-state index is 13.1. The summed E-state index contributed by atoms with van der Waals surface area (Å²) in [6.07, 6.45) is -1.43. The van der Waals surface area contributed by atoms with Crippen molar-refractivity contribution in [1.82, 2.24) is 25.3 Å². The first-order chi connectivity index (χ1) is 16.6. The number of aliphatic hydroxyl groups excluding tert-OH is 1. The van der Waals surface area contributed by atoms with Gasteiger partial charge in [-0.2, -0.15) is 0 Å². The van der Waals surface area contributed by atoms with Crippen molar-refractivity contribution >= 4 is 47.4 Å². The van der Waals surface area contributed by atoms with Crippen molar-refractivity contribution in [1.29, 1.82) is 0 Å². The second kappa shape index (κ2) is 9.13. The van der Waals surface area contributed by atoms with Crippen molar-refractivity contribution in [2.24, 2.45) is 0 Å². The Bertz CT molecular complexity index is 1050. The van der Waals surface area contributed by atoms with E-state index in [1.165, 1.54) is 35.6 Å². The molecule has 15 heteroatoms. The lowest BCUT2D eigenvalue weighted by Crippen LogP contribution is -2.81. The number of likely N-dealkylation sites (N-methyl/N-ethyl adjacent to an activating group) is 1. The van der Waals surface area contributed by atoms with Crippen LogP contribution in [0.1, 0.15) is 13.8 Å². The molecule has 0 aromatic rings. The molecule has 14 nitrogen and oxygen atoms in total. The van der Waals surface area contributed by atoms with E-state index < -0.39 is 58.9 Å². The van der Waals surface area contributed by atoms with Crippen molar-refractivity contribution in [3.05, 3.63) is 11.3 Å². The quantitative estimate of drug-likeness (QED) is 0.148. The Morgan fingerprint density at radius 1 is 1.26 bits per heavy atom. The molecule has 190 valence electrons. The van der Waals surface area contributed by atoms with E-state index in [0.29, 0.717) is 22.8 Å². The van der Waals surface area contributed by atoms with Gasteiger partial charge in [0.1, 0.15) is 23.7 Å². The molecule has 4 aliphatic rings. The Labute approximate surface area is 203 Å². The van der Waals surface area contributed by atoms with Crippen molar-refractivity contribution in [3.8, 4) is 0 Å². The number of methoxy groups -OCH3 is 1. The van der Waals surface area contributed by atoms with Gasteiger partial charge in [0.05, 0.1) is 6.10 Å². The number of nitrogens with one attached hydrogen (secondary N) is 2. The van der Waals surface area contributed by atoms with Gasteiger partial charge in [-0.1, -0.05) is 0 Å². The van der Waals surface area contributed by atoms with Crippen LogP contribution in [-0.2, 0) is 33.4 Å². The van der Waals surface area contributed by atoms with Gasteiger partial charge in [-0.3, -0.25) is 29.0 Å². The van der Waals surface area contributed by atoms with Crippen molar-refractivity contribution < 1.29 is 43.3 Å². The highest BCUT2D eigenvalue weighted by Gasteiger charge is 2.67. The lowest BCUT2D eigenvalue weighted by molar-refractivity contribution is -0.192. The minimum Gasteiger partial charge on any atom is -0.456 e. The van der Waals surface area contributed by atoms with E-state index in [1.54, 1.807) is 6.92 Å². The predicted octanol–water partition coefficient (Wildman–Crippen LogP) is -2.68. The van der Waals surface area contributed by atoms with E-state index >= 15 is 0 Å². The number of piperazine rings is 1. The van der Waals surface area contributed by atoms with Crippen LogP contribution in [0, 0.1) is 0 Å². The number of hydrogen-bond acceptors (Lipinski definition) is 10. The SMILES string of the molecule is CCN1CCN(C(=O)N[C@@H](C(=O)N[C@]2(OC)C(=O)N3C4=C(COC4=O)CS[C@@H]32)[C@H](C)O)C(=O)C1=O. The van der Waals surface area contributed by atoms with Crippen LogP contribution in [0.2, 0.25) is 0 Å². The van der Waals surface area contributed by atoms with Gasteiger partial charge in [-0.15, -0.1) is 11.8 Å². The molecule has 2 saturated heterocycles. The summed E-state index contributed by atoms with van der Waals surface area (Å²) in [4.78, 5) is 78.5. The molecule has 4 aliphatic heterocycles. The highest BCUT2D eigenvalue weighted by molar-refractivity contribution is 8.00. The highest BCUT2D eigenvalue weighted by atomic mass is 32.2. The molecule has 0 spiro atoms. The van der Waals surface area contributed by atoms with E-state index in [2.05, 4.69) is 10.6 Å². The fraction of sp³-hybridized carbons (Fsp3) is 0.600. The number of carbonyl (C=O) groups excluding carboxylic acids is 6. The number of β-lactam (4-membered cyclic amide) rings is 1. The summed E-state index contributed by atoms with van der Waals surface area (Å²) in [5.74, 6) is -3.81. The number of hydrogen-bond donors (Lipinski definition) is 3. The number of ether oxygens (including phenoxy) is 2. The number of cyclic esters (lactones) is 1. The third-order valence-electron chi connectivity index (χ3n) is 6.29. The first kappa shape index (κ1) is 24.9. The zero-order valence-corrected chi connectivity index (χ0v) is 20.0. The van der Waals surface area contributed by atoms with E-state index in [9.17, 15) is 33.9 Å². The van der Waals surface area contributed by atoms with Crippen molar-refractivity contribution in [2.45, 2.75) is 37.1 Å². The molecule has 0 saturated carbocycles. The Kier molecular flexibility index (Phi) is 6.50. The fourth-order valence-corrected chi connectivity index (χ4v) is 5.73. The standard InChI is InChI=1S/C20H25N5O9S/c1-4-23-5-6-24(15(29)14(23)28)19(32)21-11(9(2)26)13(27)22-20(33-3)17(31)25-12-10(7-34-16(12)30)8-35-18(20)25/h9,11,18,26H,4-8H2,1-3H3,(H,21,32)(H,22,27)/t9-,11+,18+,20-/m0/s1. The van der Waals surface area contributed by atoms with Gasteiger partial charge in [0.15, 0.2) is 0 Å². The lowest BCUT2D eigenvalue weighted by atomic mass is 9.97. The number of imide groups is 1. The smallest absolute Gasteiger partial charge is 0.355 e. The monoisotopic (exact) mass is 511 g/mol. The van der Waals surface area contributed by atoms with E-state index in [4.69, 9.17) is 9.47 Å². The van der Waals surface area contributed by atoms with Crippen LogP contribution in [-0.4, -0.2) is 118 Å². The van der Waals surface area contributed by atoms with Gasteiger partial charge in [-0.05, 0) is 13.8 Å². The van der Waals surface area contributed by atoms with Crippen molar-refractivity contribution in [3.63, 3.8) is 0 Å². The summed E-state index contributed by atoms with van der Waals surface area (Å²) in [6, 6.07) is -2.62. The average Bonchev–Trinajstić information content (AvgIpc) is 3.21. The number of esters is 1. The molecule has 6 amide bonds. The Balaban J connectivity index is 1.48. The van der Waals surface area contributed by atoms with E-state index in [-0.39, 0.29) is 25.4 Å². The van der Waals surface area contributed by atoms with Crippen LogP contribution in [0.3, 0.4) is 0 Å². The molecular weight excluding hydrogens is 486 g/mol. The molecule has 0 bridgehead atoms. The molecule has 3 N–H and O–H groups in total. The number of rotatable bonds is 6. The van der Waals surface area contributed by atoms with Gasteiger partial charge >= 0.3 is 23.8 Å². The van der Waals surface area contributed by atoms with Crippen LogP contribution < -0.4 is 10.6 Å². The highest BCUT2D eigenvalue weighted by Crippen LogP contribution is 2.48. The van der Waals surface area contributed by atoms with Crippen LogP contribution >= 0.6 is 11.8 Å². The molecular formula is C20H25N5O9S. The number of nitrogens with zero attached hydrogens (tertiary/aromatic N) is 3. The molecule has 2 fully saturated rings. The second-order valence-corrected chi connectivity index (χ2v) is 9.37. The summed E-state index contributed by atoms with van der Waals surface area (Å²) in [6.45, 7) is 3.38. The molecule has 0 aromatic carbocycles. The average molecular weight is 512 g/mol. The van der Waals surface area contributed by atoms with E-state index in [1.807, 2.05) is 0 Å². The molecule has 4 heterocycles. The Morgan fingerprint density at radius 2 is 1.97 bits per heavy atom. The van der Waals surface area contributed by atoms with Crippen LogP contribution in [0.5, 0.6) is 0 Å². The first-order valence-electron chi connectivity index (χ1n) is 10.9. The summed E-state index contributed by atoms with van der Waals surface area (Å²) >= 11 is 1.26. The molecule has 4 atom stereocenters. The molecule has 0 aromatic heterocycles. The Hall–Kier alpha value is -3.17. The van der Waals surface area contributed by atoms with Crippen LogP contribution in [0.25, 0.3) is 0 Å². The minimum atomic E-state index is -1.85. The van der Waals surface area contributed by atoms with Gasteiger partial charge in [-0.25, -0.2) is 9.59 Å². The summed E-state index contributed by atoms with van der Waals surface area (Å²) in [5, 5.41) is 14.1. The summed E-state index contributed by atoms with van der Waals surface area (Å²) < 4.78 is 10.4. The fourth-order valence-electron chi connectivity index (χ4n) is 4.31. The largest absolute Gasteiger partial charge is 0.456 e. The van der Waals surface area contributed by atoms with Gasteiger partial charge in [0, 0.05) is 38.1 Å². The van der Waals surface area contributed by atoms with Gasteiger partial charge in [0.2, 0.25) is 5.91 Å². The first-order valence-corrected chi connectivity index (χ1v) is 11.9. The predicted molar refractivity (Wildman–Crippen MR) is 117 cm³/mol. The van der Waals surface area contributed by atoms with Gasteiger partial charge < -0.3 is 30.1 Å². The summed E-state index contributed by atoms with van der Waals surface area (Å²) in [5.41, 5.74) is -1.05. The zero-order valence-electron chi connectivity index (χ0n) is 19.2. The number of amides is 6. The number of thioether (sulfide) groups is 1. The van der Waals surface area contributed by atoms with Crippen LogP contribution in [0.4, 0.5) is 4.79 Å². The second-order valence-electron chi connectivity index (χ2n) is 8.31. The van der Waals surface area contributed by atoms with Crippen molar-refractivity contribution in [2.75, 3.05) is 39.1 Å². The van der Waals surface area contributed by atoms with Crippen LogP contribution in [0.15, 0.2) is 11.3 Å². The molecule has 4 rings (SSSR count). The number of aliphatic hydroxyl groups is 1. The van der Waals surface area contributed by atoms with Gasteiger partial charge in [0.25, 0.3) is 11.6 Å². The number of urea groups is 1. The molecule has 0 unspecified atom stereocenters. The maximum absolute atomic E-state index is 13.1. The number of fused-ring (bicyclic) bond motifs is 2. The third-order valence-corrected chi connectivity index (χ3v) is 7.66. The van der Waals surface area contributed by atoms with E-state index in [0.717, 1.165) is 0 Å². The Morgan fingerprint density at radius 3 is 2.60 bits per heavy atom. The summed E-state index contributed by atoms with van der Waals surface area (Å²) in [7, 11) is 1.21. The molecule has 0 aliphatic carbocycles. The molecule has 35 heavy (non-hydrogen) atoms. The number of carbonyl (C=O) groups is 6. The lowest BCUT2D eigenvalue weighted by Gasteiger charge is -2.55. The normalized spacial score (nSPS) is 27.7. The zero-order chi connectivity index (χ0) is 25.7. The third kappa shape index (κ3) is 3.83. The minimum absolute atomic E-state index is 0.0832. The maximum Gasteiger partial charge on any atom is 0.355 e. The molecule has 0 radical (unpaired) electrons.